The third-order valence-corrected chi connectivity index (χ3v) is 6.41. The van der Waals surface area contributed by atoms with E-state index in [0.29, 0.717) is 41.7 Å². The van der Waals surface area contributed by atoms with Crippen LogP contribution in [0, 0.1) is 5.92 Å². The number of amides is 1. The molecular weight excluding hydrogens is 388 g/mol. The monoisotopic (exact) mass is 408 g/mol. The summed E-state index contributed by atoms with van der Waals surface area (Å²) in [6.45, 7) is 3.35. The van der Waals surface area contributed by atoms with Crippen molar-refractivity contribution in [2.75, 3.05) is 36.0 Å². The van der Waals surface area contributed by atoms with Crippen molar-refractivity contribution in [3.05, 3.63) is 53.2 Å². The number of anilines is 2. The maximum Gasteiger partial charge on any atom is 0.257 e. The SMILES string of the molecule is CCS(=O)(=O)N1CC(CNc2ccc(C(=O)Nc3cccc(Cl)c3)cn2)C1. The Morgan fingerprint density at radius 1 is 1.30 bits per heavy atom. The van der Waals surface area contributed by atoms with Gasteiger partial charge in [0.05, 0.1) is 11.3 Å². The topological polar surface area (TPSA) is 91.4 Å². The number of halogens is 1. The van der Waals surface area contributed by atoms with Crippen molar-refractivity contribution in [1.29, 1.82) is 0 Å². The van der Waals surface area contributed by atoms with Crippen molar-refractivity contribution in [3.8, 4) is 0 Å². The number of rotatable bonds is 7. The predicted molar refractivity (Wildman–Crippen MR) is 107 cm³/mol. The van der Waals surface area contributed by atoms with Gasteiger partial charge in [-0.2, -0.15) is 0 Å². The molecule has 0 atom stereocenters. The van der Waals surface area contributed by atoms with E-state index < -0.39 is 10.0 Å². The Labute approximate surface area is 163 Å². The lowest BCUT2D eigenvalue weighted by Crippen LogP contribution is -2.52. The largest absolute Gasteiger partial charge is 0.370 e. The highest BCUT2D eigenvalue weighted by Crippen LogP contribution is 2.20. The summed E-state index contributed by atoms with van der Waals surface area (Å²) in [6.07, 6.45) is 1.50. The van der Waals surface area contributed by atoms with Gasteiger partial charge in [-0.05, 0) is 37.3 Å². The van der Waals surface area contributed by atoms with Crippen LogP contribution in [0.4, 0.5) is 11.5 Å². The molecule has 0 aliphatic carbocycles. The molecule has 0 saturated carbocycles. The molecule has 2 heterocycles. The first kappa shape index (κ1) is 19.6. The lowest BCUT2D eigenvalue weighted by atomic mass is 10.0. The summed E-state index contributed by atoms with van der Waals surface area (Å²) < 4.78 is 24.9. The molecule has 7 nitrogen and oxygen atoms in total. The van der Waals surface area contributed by atoms with Gasteiger partial charge in [-0.1, -0.05) is 17.7 Å². The van der Waals surface area contributed by atoms with Crippen molar-refractivity contribution in [3.63, 3.8) is 0 Å². The summed E-state index contributed by atoms with van der Waals surface area (Å²) in [6, 6.07) is 10.3. The van der Waals surface area contributed by atoms with Crippen molar-refractivity contribution in [1.82, 2.24) is 9.29 Å². The zero-order chi connectivity index (χ0) is 19.4. The van der Waals surface area contributed by atoms with Crippen LogP contribution >= 0.6 is 11.6 Å². The Morgan fingerprint density at radius 2 is 2.07 bits per heavy atom. The van der Waals surface area contributed by atoms with Gasteiger partial charge < -0.3 is 10.6 Å². The lowest BCUT2D eigenvalue weighted by molar-refractivity contribution is 0.102. The molecule has 0 bridgehead atoms. The third kappa shape index (κ3) is 4.97. The molecule has 144 valence electrons. The van der Waals surface area contributed by atoms with Crippen molar-refractivity contribution < 1.29 is 13.2 Å². The lowest BCUT2D eigenvalue weighted by Gasteiger charge is -2.38. The van der Waals surface area contributed by atoms with Gasteiger partial charge in [0.25, 0.3) is 5.91 Å². The molecule has 1 aromatic carbocycles. The van der Waals surface area contributed by atoms with E-state index in [1.54, 1.807) is 43.3 Å². The van der Waals surface area contributed by atoms with E-state index in [9.17, 15) is 13.2 Å². The van der Waals surface area contributed by atoms with Gasteiger partial charge in [0.2, 0.25) is 10.0 Å². The number of hydrogen-bond donors (Lipinski definition) is 2. The molecule has 2 aromatic rings. The van der Waals surface area contributed by atoms with E-state index in [1.807, 2.05) is 0 Å². The van der Waals surface area contributed by atoms with Crippen LogP contribution in [-0.2, 0) is 10.0 Å². The number of carbonyl (C=O) groups is 1. The second-order valence-electron chi connectivity index (χ2n) is 6.36. The summed E-state index contributed by atoms with van der Waals surface area (Å²) >= 11 is 5.91. The molecule has 0 unspecified atom stereocenters. The summed E-state index contributed by atoms with van der Waals surface area (Å²) in [5.41, 5.74) is 1.05. The fourth-order valence-corrected chi connectivity index (χ4v) is 4.14. The van der Waals surface area contributed by atoms with Gasteiger partial charge in [-0.15, -0.1) is 0 Å². The first-order valence-electron chi connectivity index (χ1n) is 8.62. The molecule has 1 aliphatic heterocycles. The Bertz CT molecular complexity index is 912. The fourth-order valence-electron chi connectivity index (χ4n) is 2.71. The molecule has 0 radical (unpaired) electrons. The van der Waals surface area contributed by atoms with Gasteiger partial charge >= 0.3 is 0 Å². The molecular formula is C18H21ClN4O3S. The summed E-state index contributed by atoms with van der Waals surface area (Å²) in [5, 5.41) is 6.49. The van der Waals surface area contributed by atoms with E-state index in [4.69, 9.17) is 11.6 Å². The number of carbonyl (C=O) groups excluding carboxylic acids is 1. The Hall–Kier alpha value is -2.16. The van der Waals surface area contributed by atoms with Crippen LogP contribution < -0.4 is 10.6 Å². The van der Waals surface area contributed by atoms with Crippen LogP contribution in [0.5, 0.6) is 0 Å². The Balaban J connectivity index is 1.48. The van der Waals surface area contributed by atoms with Gasteiger partial charge in [0.15, 0.2) is 0 Å². The number of hydrogen-bond acceptors (Lipinski definition) is 5. The summed E-state index contributed by atoms with van der Waals surface area (Å²) in [5.74, 6) is 0.772. The minimum atomic E-state index is -3.08. The number of aromatic nitrogens is 1. The summed E-state index contributed by atoms with van der Waals surface area (Å²) in [4.78, 5) is 16.5. The number of nitrogens with zero attached hydrogens (tertiary/aromatic N) is 2. The molecule has 3 rings (SSSR count). The quantitative estimate of drug-likeness (QED) is 0.734. The standard InChI is InChI=1S/C18H21ClN4O3S/c1-2-27(25,26)23-11-13(12-23)9-20-17-7-6-14(10-21-17)18(24)22-16-5-3-4-15(19)8-16/h3-8,10,13H,2,9,11-12H2,1H3,(H,20,21)(H,22,24). The van der Waals surface area contributed by atoms with Crippen LogP contribution in [0.2, 0.25) is 5.02 Å². The van der Waals surface area contributed by atoms with Crippen LogP contribution in [0.1, 0.15) is 17.3 Å². The van der Waals surface area contributed by atoms with Crippen LogP contribution in [-0.4, -0.2) is 49.0 Å². The molecule has 1 fully saturated rings. The highest BCUT2D eigenvalue weighted by Gasteiger charge is 2.34. The molecule has 1 amide bonds. The van der Waals surface area contributed by atoms with E-state index >= 15 is 0 Å². The second-order valence-corrected chi connectivity index (χ2v) is 9.06. The number of sulfonamides is 1. The minimum Gasteiger partial charge on any atom is -0.370 e. The summed E-state index contributed by atoms with van der Waals surface area (Å²) in [7, 11) is -3.08. The highest BCUT2D eigenvalue weighted by atomic mass is 35.5. The smallest absolute Gasteiger partial charge is 0.257 e. The van der Waals surface area contributed by atoms with Gasteiger partial charge in [0, 0.05) is 42.5 Å². The fraction of sp³-hybridized carbons (Fsp3) is 0.333. The molecule has 1 aromatic heterocycles. The van der Waals surface area contributed by atoms with Gasteiger partial charge in [-0.3, -0.25) is 4.79 Å². The van der Waals surface area contributed by atoms with E-state index in [-0.39, 0.29) is 17.6 Å². The Kier molecular flexibility index (Phi) is 5.98. The average Bonchev–Trinajstić information content (AvgIpc) is 2.60. The normalized spacial score (nSPS) is 15.2. The van der Waals surface area contributed by atoms with E-state index in [1.165, 1.54) is 10.5 Å². The molecule has 0 spiro atoms. The van der Waals surface area contributed by atoms with Crippen molar-refractivity contribution >= 4 is 39.0 Å². The first-order valence-corrected chi connectivity index (χ1v) is 10.6. The van der Waals surface area contributed by atoms with Crippen molar-refractivity contribution in [2.45, 2.75) is 6.92 Å². The zero-order valence-corrected chi connectivity index (χ0v) is 16.4. The van der Waals surface area contributed by atoms with Gasteiger partial charge in [0.1, 0.15) is 5.82 Å². The second kappa shape index (κ2) is 8.24. The number of pyridine rings is 1. The number of benzene rings is 1. The predicted octanol–water partition coefficient (Wildman–Crippen LogP) is 2.68. The molecule has 9 heteroatoms. The molecule has 1 aliphatic rings. The van der Waals surface area contributed by atoms with Crippen LogP contribution in [0.25, 0.3) is 0 Å². The maximum absolute atomic E-state index is 12.2. The highest BCUT2D eigenvalue weighted by molar-refractivity contribution is 7.89. The molecule has 1 saturated heterocycles. The van der Waals surface area contributed by atoms with Crippen LogP contribution in [0.3, 0.4) is 0 Å². The molecule has 2 N–H and O–H groups in total. The minimum absolute atomic E-state index is 0.132. The maximum atomic E-state index is 12.2. The van der Waals surface area contributed by atoms with E-state index in [2.05, 4.69) is 15.6 Å². The third-order valence-electron chi connectivity index (χ3n) is 4.36. The first-order chi connectivity index (χ1) is 12.9. The van der Waals surface area contributed by atoms with E-state index in [0.717, 1.165) is 0 Å². The zero-order valence-electron chi connectivity index (χ0n) is 14.9. The number of nitrogens with one attached hydrogen (secondary N) is 2. The van der Waals surface area contributed by atoms with Gasteiger partial charge in [-0.25, -0.2) is 17.7 Å². The molecule has 27 heavy (non-hydrogen) atoms. The average molecular weight is 409 g/mol. The van der Waals surface area contributed by atoms with Crippen molar-refractivity contribution in [2.24, 2.45) is 5.92 Å². The Morgan fingerprint density at radius 3 is 2.70 bits per heavy atom. The van der Waals surface area contributed by atoms with Crippen LogP contribution in [0.15, 0.2) is 42.6 Å².